The van der Waals surface area contributed by atoms with E-state index in [1.807, 2.05) is 12.2 Å². The smallest absolute Gasteiger partial charge is 0.00201 e. The van der Waals surface area contributed by atoms with Gasteiger partial charge in [-0.15, -0.1) is 0 Å². The molecule has 0 aliphatic carbocycles. The highest BCUT2D eigenvalue weighted by molar-refractivity contribution is 6.28. The second-order valence-corrected chi connectivity index (χ2v) is 10.5. The van der Waals surface area contributed by atoms with Crippen molar-refractivity contribution in [3.63, 3.8) is 0 Å². The van der Waals surface area contributed by atoms with Crippen LogP contribution in [0.1, 0.15) is 11.1 Å². The van der Waals surface area contributed by atoms with Crippen LogP contribution in [0.4, 0.5) is 0 Å². The molecule has 0 saturated carbocycles. The van der Waals surface area contributed by atoms with Gasteiger partial charge in [-0.2, -0.15) is 0 Å². The minimum absolute atomic E-state index is 1.12. The summed E-state index contributed by atoms with van der Waals surface area (Å²) in [6.45, 7) is 8.69. The molecule has 0 unspecified atom stereocenters. The SMILES string of the molecule is C=Cc1c(C=C)c(-c2cc3cccc4ccc5cccc2c5c43)c2ccccc2c1-c1cccc2ccccc12. The van der Waals surface area contributed by atoms with Gasteiger partial charge in [0.25, 0.3) is 0 Å². The van der Waals surface area contributed by atoms with Gasteiger partial charge in [0.1, 0.15) is 0 Å². The van der Waals surface area contributed by atoms with Crippen molar-refractivity contribution in [3.05, 3.63) is 146 Å². The molecular weight excluding hydrogens is 480 g/mol. The summed E-state index contributed by atoms with van der Waals surface area (Å²) in [5.41, 5.74) is 7.10. The Labute approximate surface area is 233 Å². The molecule has 186 valence electrons. The van der Waals surface area contributed by atoms with Crippen LogP contribution in [0.2, 0.25) is 0 Å². The van der Waals surface area contributed by atoms with Crippen LogP contribution in [0, 0.1) is 0 Å². The third kappa shape index (κ3) is 3.08. The summed E-state index contributed by atoms with van der Waals surface area (Å²) in [4.78, 5) is 0. The molecule has 0 nitrogen and oxygen atoms in total. The first-order chi connectivity index (χ1) is 19.8. The average Bonchev–Trinajstić information content (AvgIpc) is 3.02. The first-order valence-corrected chi connectivity index (χ1v) is 13.8. The van der Waals surface area contributed by atoms with Crippen LogP contribution < -0.4 is 0 Å². The van der Waals surface area contributed by atoms with Gasteiger partial charge in [-0.3, -0.25) is 0 Å². The molecule has 0 spiro atoms. The first kappa shape index (κ1) is 22.8. The molecule has 0 fully saturated rings. The summed E-state index contributed by atoms with van der Waals surface area (Å²) in [6, 6.07) is 44.2. The molecule has 0 radical (unpaired) electrons. The second kappa shape index (κ2) is 8.66. The van der Waals surface area contributed by atoms with Gasteiger partial charge >= 0.3 is 0 Å². The fourth-order valence-corrected chi connectivity index (χ4v) is 6.90. The van der Waals surface area contributed by atoms with Crippen molar-refractivity contribution in [2.75, 3.05) is 0 Å². The molecule has 0 heteroatoms. The molecule has 0 bridgehead atoms. The third-order valence-corrected chi connectivity index (χ3v) is 8.54. The maximum Gasteiger partial charge on any atom is -0.00201 e. The second-order valence-electron chi connectivity index (χ2n) is 10.5. The quantitative estimate of drug-likeness (QED) is 0.208. The van der Waals surface area contributed by atoms with Gasteiger partial charge in [0.15, 0.2) is 0 Å². The lowest BCUT2D eigenvalue weighted by Crippen LogP contribution is -1.97. The average molecular weight is 507 g/mol. The van der Waals surface area contributed by atoms with Crippen molar-refractivity contribution in [1.29, 1.82) is 0 Å². The highest BCUT2D eigenvalue weighted by Gasteiger charge is 2.22. The van der Waals surface area contributed by atoms with Gasteiger partial charge in [-0.05, 0) is 93.3 Å². The number of fused-ring (bicyclic) bond motifs is 2. The van der Waals surface area contributed by atoms with Gasteiger partial charge in [0.2, 0.25) is 0 Å². The van der Waals surface area contributed by atoms with E-state index in [-0.39, 0.29) is 0 Å². The maximum absolute atomic E-state index is 4.36. The van der Waals surface area contributed by atoms with Gasteiger partial charge in [0.05, 0.1) is 0 Å². The number of benzene rings is 8. The molecule has 0 saturated heterocycles. The van der Waals surface area contributed by atoms with Crippen molar-refractivity contribution >= 4 is 66.0 Å². The lowest BCUT2D eigenvalue weighted by molar-refractivity contribution is 1.61. The highest BCUT2D eigenvalue weighted by Crippen LogP contribution is 2.48. The van der Waals surface area contributed by atoms with Gasteiger partial charge < -0.3 is 0 Å². The summed E-state index contributed by atoms with van der Waals surface area (Å²) < 4.78 is 0. The van der Waals surface area contributed by atoms with Crippen LogP contribution in [0.3, 0.4) is 0 Å². The number of hydrogen-bond acceptors (Lipinski definition) is 0. The van der Waals surface area contributed by atoms with E-state index >= 15 is 0 Å². The highest BCUT2D eigenvalue weighted by atomic mass is 14.2. The zero-order chi connectivity index (χ0) is 26.8. The summed E-state index contributed by atoms with van der Waals surface area (Å²) in [7, 11) is 0. The predicted octanol–water partition coefficient (Wildman–Crippen LogP) is 11.5. The zero-order valence-electron chi connectivity index (χ0n) is 22.1. The fraction of sp³-hybridized carbons (Fsp3) is 0. The van der Waals surface area contributed by atoms with E-state index < -0.39 is 0 Å². The molecule has 0 amide bonds. The Morgan fingerprint density at radius 1 is 0.375 bits per heavy atom. The normalized spacial score (nSPS) is 11.7. The van der Waals surface area contributed by atoms with E-state index in [1.54, 1.807) is 0 Å². The molecule has 8 rings (SSSR count). The Balaban J connectivity index is 1.59. The van der Waals surface area contributed by atoms with E-state index in [2.05, 4.69) is 134 Å². The van der Waals surface area contributed by atoms with E-state index in [0.29, 0.717) is 0 Å². The Bertz CT molecular complexity index is 2290. The fourth-order valence-electron chi connectivity index (χ4n) is 6.90. The van der Waals surface area contributed by atoms with E-state index in [1.165, 1.54) is 76.1 Å². The van der Waals surface area contributed by atoms with Crippen molar-refractivity contribution in [2.45, 2.75) is 0 Å². The van der Waals surface area contributed by atoms with Crippen molar-refractivity contribution in [1.82, 2.24) is 0 Å². The Hall–Kier alpha value is -5.20. The molecule has 0 aliphatic heterocycles. The number of hydrogen-bond donors (Lipinski definition) is 0. The van der Waals surface area contributed by atoms with E-state index in [0.717, 1.165) is 11.1 Å². The minimum atomic E-state index is 1.12. The summed E-state index contributed by atoms with van der Waals surface area (Å²) in [6.07, 6.45) is 4.04. The van der Waals surface area contributed by atoms with Crippen LogP contribution in [-0.4, -0.2) is 0 Å². The predicted molar refractivity (Wildman–Crippen MR) is 176 cm³/mol. The van der Waals surface area contributed by atoms with E-state index in [4.69, 9.17) is 0 Å². The van der Waals surface area contributed by atoms with Crippen molar-refractivity contribution < 1.29 is 0 Å². The Morgan fingerprint density at radius 3 is 1.60 bits per heavy atom. The summed E-state index contributed by atoms with van der Waals surface area (Å²) >= 11 is 0. The molecule has 0 N–H and O–H groups in total. The van der Waals surface area contributed by atoms with Crippen molar-refractivity contribution in [2.24, 2.45) is 0 Å². The molecule has 0 atom stereocenters. The van der Waals surface area contributed by atoms with Crippen molar-refractivity contribution in [3.8, 4) is 22.3 Å². The van der Waals surface area contributed by atoms with Gasteiger partial charge in [-0.25, -0.2) is 0 Å². The largest absolute Gasteiger partial charge is 0.0984 e. The molecule has 0 heterocycles. The molecule has 8 aromatic carbocycles. The lowest BCUT2D eigenvalue weighted by atomic mass is 9.80. The summed E-state index contributed by atoms with van der Waals surface area (Å²) in [5.74, 6) is 0. The Kier molecular flexibility index (Phi) is 4.93. The van der Waals surface area contributed by atoms with E-state index in [9.17, 15) is 0 Å². The molecule has 0 aliphatic rings. The van der Waals surface area contributed by atoms with Crippen LogP contribution in [0.25, 0.3) is 88.3 Å². The van der Waals surface area contributed by atoms with Gasteiger partial charge in [-0.1, -0.05) is 141 Å². The maximum atomic E-state index is 4.36. The standard InChI is InChI=1S/C40H26/c1-3-29-30(4-2)40(36-24-28-16-9-14-26-22-23-27-15-11-21-35(36)38(27)37(26)28)34-19-8-7-18-33(34)39(29)32-20-10-13-25-12-5-6-17-31(25)32/h3-24H,1-2H2. The topological polar surface area (TPSA) is 0 Å². The van der Waals surface area contributed by atoms with Crippen LogP contribution in [-0.2, 0) is 0 Å². The van der Waals surface area contributed by atoms with Crippen LogP contribution >= 0.6 is 0 Å². The Morgan fingerprint density at radius 2 is 0.875 bits per heavy atom. The minimum Gasteiger partial charge on any atom is -0.0984 e. The third-order valence-electron chi connectivity index (χ3n) is 8.54. The lowest BCUT2D eigenvalue weighted by Gasteiger charge is -2.23. The molecular formula is C40H26. The van der Waals surface area contributed by atoms with Crippen LogP contribution in [0.5, 0.6) is 0 Å². The molecule has 0 aromatic heterocycles. The molecule has 40 heavy (non-hydrogen) atoms. The zero-order valence-corrected chi connectivity index (χ0v) is 22.1. The first-order valence-electron chi connectivity index (χ1n) is 13.8. The molecule has 8 aromatic rings. The van der Waals surface area contributed by atoms with Gasteiger partial charge in [0, 0.05) is 0 Å². The number of rotatable bonds is 4. The monoisotopic (exact) mass is 506 g/mol. The van der Waals surface area contributed by atoms with Crippen LogP contribution in [0.15, 0.2) is 134 Å². The summed E-state index contributed by atoms with van der Waals surface area (Å²) in [5, 5.41) is 12.6.